The Kier molecular flexibility index (Phi) is 16.8. The van der Waals surface area contributed by atoms with Crippen molar-refractivity contribution in [1.82, 2.24) is 15.0 Å². The van der Waals surface area contributed by atoms with Gasteiger partial charge in [0.25, 0.3) is 0 Å². The van der Waals surface area contributed by atoms with Crippen molar-refractivity contribution in [3.05, 3.63) is 0 Å². The van der Waals surface area contributed by atoms with Crippen LogP contribution in [0.5, 0.6) is 18.0 Å². The number of aromatic nitrogens is 3. The molecule has 0 fully saturated rings. The Labute approximate surface area is 203 Å². The van der Waals surface area contributed by atoms with Crippen molar-refractivity contribution < 1.29 is 14.2 Å². The van der Waals surface area contributed by atoms with Crippen molar-refractivity contribution in [2.75, 3.05) is 19.8 Å². The number of hydrogen-bond acceptors (Lipinski definition) is 6. The summed E-state index contributed by atoms with van der Waals surface area (Å²) in [6.07, 6.45) is 14.0. The van der Waals surface area contributed by atoms with E-state index < -0.39 is 0 Å². The highest BCUT2D eigenvalue weighted by molar-refractivity contribution is 5.09. The van der Waals surface area contributed by atoms with Crippen LogP contribution in [0, 0.1) is 17.8 Å². The quantitative estimate of drug-likeness (QED) is 0.186. The van der Waals surface area contributed by atoms with Gasteiger partial charge in [-0.25, -0.2) is 0 Å². The van der Waals surface area contributed by atoms with E-state index >= 15 is 0 Å². The Morgan fingerprint density at radius 1 is 0.485 bits per heavy atom. The number of hydrogen-bond donors (Lipinski definition) is 0. The van der Waals surface area contributed by atoms with E-state index in [1.165, 1.54) is 38.5 Å². The van der Waals surface area contributed by atoms with E-state index in [0.29, 0.717) is 55.6 Å². The number of ether oxygens (including phenoxy) is 3. The minimum absolute atomic E-state index is 0.313. The number of unbranched alkanes of at least 4 members (excludes halogenated alkanes) is 3. The van der Waals surface area contributed by atoms with E-state index in [9.17, 15) is 0 Å². The summed E-state index contributed by atoms with van der Waals surface area (Å²) in [7, 11) is 0. The zero-order chi connectivity index (χ0) is 24.3. The lowest BCUT2D eigenvalue weighted by Gasteiger charge is -2.18. The summed E-state index contributed by atoms with van der Waals surface area (Å²) < 4.78 is 18.0. The lowest BCUT2D eigenvalue weighted by atomic mass is 10.0. The fraction of sp³-hybridized carbons (Fsp3) is 0.889. The normalized spacial score (nSPS) is 14.0. The van der Waals surface area contributed by atoms with Crippen molar-refractivity contribution in [3.8, 4) is 18.0 Å². The molecule has 1 aromatic heterocycles. The molecule has 6 heteroatoms. The van der Waals surface area contributed by atoms with Crippen LogP contribution in [0.4, 0.5) is 0 Å². The van der Waals surface area contributed by atoms with Crippen LogP contribution in [0.1, 0.15) is 119 Å². The van der Waals surface area contributed by atoms with Crippen LogP contribution >= 0.6 is 0 Å². The molecule has 6 nitrogen and oxygen atoms in total. The summed E-state index contributed by atoms with van der Waals surface area (Å²) >= 11 is 0. The molecule has 3 unspecified atom stereocenters. The fourth-order valence-corrected chi connectivity index (χ4v) is 3.79. The largest absolute Gasteiger partial charge is 0.463 e. The van der Waals surface area contributed by atoms with Crippen molar-refractivity contribution in [3.63, 3.8) is 0 Å². The minimum Gasteiger partial charge on any atom is -0.463 e. The van der Waals surface area contributed by atoms with E-state index in [1.54, 1.807) is 0 Å². The van der Waals surface area contributed by atoms with Crippen LogP contribution in [0.2, 0.25) is 0 Å². The summed E-state index contributed by atoms with van der Waals surface area (Å²) in [5, 5.41) is 0. The smallest absolute Gasteiger partial charge is 0.325 e. The molecule has 0 radical (unpaired) electrons. The Hall–Kier alpha value is -1.59. The van der Waals surface area contributed by atoms with Gasteiger partial charge in [0.1, 0.15) is 0 Å². The Morgan fingerprint density at radius 3 is 0.970 bits per heavy atom. The van der Waals surface area contributed by atoms with Gasteiger partial charge in [0.2, 0.25) is 0 Å². The molecule has 0 aromatic carbocycles. The average molecular weight is 466 g/mol. The third-order valence-corrected chi connectivity index (χ3v) is 6.55. The topological polar surface area (TPSA) is 66.4 Å². The number of nitrogens with zero attached hydrogens (tertiary/aromatic N) is 3. The molecule has 0 aliphatic heterocycles. The van der Waals surface area contributed by atoms with Gasteiger partial charge < -0.3 is 14.2 Å². The van der Waals surface area contributed by atoms with Gasteiger partial charge in [-0.15, -0.1) is 15.0 Å². The molecule has 33 heavy (non-hydrogen) atoms. The molecular formula is C27H51N3O3. The highest BCUT2D eigenvalue weighted by Gasteiger charge is 2.16. The zero-order valence-electron chi connectivity index (χ0n) is 22.4. The van der Waals surface area contributed by atoms with E-state index in [4.69, 9.17) is 14.2 Å². The fourth-order valence-electron chi connectivity index (χ4n) is 3.79. The molecule has 0 saturated carbocycles. The summed E-state index contributed by atoms with van der Waals surface area (Å²) in [6.45, 7) is 15.1. The maximum Gasteiger partial charge on any atom is 0.325 e. The first kappa shape index (κ1) is 29.4. The molecule has 192 valence electrons. The van der Waals surface area contributed by atoms with Gasteiger partial charge >= 0.3 is 18.0 Å². The third-order valence-electron chi connectivity index (χ3n) is 6.55. The maximum atomic E-state index is 6.01. The Bertz CT molecular complexity index is 507. The van der Waals surface area contributed by atoms with Crippen molar-refractivity contribution in [2.24, 2.45) is 17.8 Å². The summed E-state index contributed by atoms with van der Waals surface area (Å²) in [4.78, 5) is 13.4. The molecule has 0 saturated heterocycles. The maximum absolute atomic E-state index is 6.01. The molecular weight excluding hydrogens is 414 g/mol. The summed E-state index contributed by atoms with van der Waals surface area (Å²) in [6, 6.07) is 0.939. The van der Waals surface area contributed by atoms with E-state index in [2.05, 4.69) is 56.5 Å². The lowest BCUT2D eigenvalue weighted by molar-refractivity contribution is 0.178. The van der Waals surface area contributed by atoms with Crippen LogP contribution in [0.25, 0.3) is 0 Å². The van der Waals surface area contributed by atoms with Crippen LogP contribution in [0.3, 0.4) is 0 Å². The van der Waals surface area contributed by atoms with Crippen LogP contribution < -0.4 is 14.2 Å². The molecule has 1 aromatic rings. The SMILES string of the molecule is CCCCC(CC)COc1nc(OCC(CC)CCCC)nc(OCC(CC)CCCC)n1. The lowest BCUT2D eigenvalue weighted by Crippen LogP contribution is -2.17. The molecule has 1 rings (SSSR count). The summed E-state index contributed by atoms with van der Waals surface area (Å²) in [5.41, 5.74) is 0. The average Bonchev–Trinajstić information content (AvgIpc) is 2.84. The van der Waals surface area contributed by atoms with Crippen molar-refractivity contribution in [2.45, 2.75) is 119 Å². The van der Waals surface area contributed by atoms with Crippen LogP contribution in [0.15, 0.2) is 0 Å². The Balaban J connectivity index is 2.87. The highest BCUT2D eigenvalue weighted by Crippen LogP contribution is 2.21. The van der Waals surface area contributed by atoms with Gasteiger partial charge in [-0.05, 0) is 37.0 Å². The van der Waals surface area contributed by atoms with Crippen LogP contribution in [-0.4, -0.2) is 34.8 Å². The van der Waals surface area contributed by atoms with Crippen molar-refractivity contribution >= 4 is 0 Å². The first-order valence-electron chi connectivity index (χ1n) is 13.7. The molecule has 0 amide bonds. The molecule has 0 N–H and O–H groups in total. The van der Waals surface area contributed by atoms with Gasteiger partial charge in [0, 0.05) is 0 Å². The van der Waals surface area contributed by atoms with Crippen LogP contribution in [-0.2, 0) is 0 Å². The van der Waals surface area contributed by atoms with E-state index in [-0.39, 0.29) is 0 Å². The minimum atomic E-state index is 0.313. The third kappa shape index (κ3) is 13.0. The molecule has 0 spiro atoms. The second-order valence-electron chi connectivity index (χ2n) is 9.37. The summed E-state index contributed by atoms with van der Waals surface area (Å²) in [5.74, 6) is 1.52. The van der Waals surface area contributed by atoms with Crippen molar-refractivity contribution in [1.29, 1.82) is 0 Å². The Morgan fingerprint density at radius 2 is 0.758 bits per heavy atom. The zero-order valence-corrected chi connectivity index (χ0v) is 22.4. The van der Waals surface area contributed by atoms with Gasteiger partial charge in [0.05, 0.1) is 19.8 Å². The predicted octanol–water partition coefficient (Wildman–Crippen LogP) is 7.66. The monoisotopic (exact) mass is 465 g/mol. The van der Waals surface area contributed by atoms with Gasteiger partial charge in [-0.1, -0.05) is 99.3 Å². The molecule has 0 aliphatic rings. The number of rotatable bonds is 21. The first-order valence-corrected chi connectivity index (χ1v) is 13.7. The second kappa shape index (κ2) is 18.8. The van der Waals surface area contributed by atoms with Gasteiger partial charge in [-0.3, -0.25) is 0 Å². The molecule has 0 aliphatic carbocycles. The molecule has 0 bridgehead atoms. The molecule has 3 atom stereocenters. The second-order valence-corrected chi connectivity index (χ2v) is 9.37. The van der Waals surface area contributed by atoms with Gasteiger partial charge in [0.15, 0.2) is 0 Å². The first-order chi connectivity index (χ1) is 16.1. The van der Waals surface area contributed by atoms with E-state index in [1.807, 2.05) is 0 Å². The standard InChI is InChI=1S/C27H51N3O3/c1-7-13-16-22(10-4)19-31-25-28-26(32-20-23(11-5)17-14-8-2)30-27(29-25)33-21-24(12-6)18-15-9-3/h22-24H,7-21H2,1-6H3. The van der Waals surface area contributed by atoms with E-state index in [0.717, 1.165) is 38.5 Å². The highest BCUT2D eigenvalue weighted by atomic mass is 16.5. The predicted molar refractivity (Wildman–Crippen MR) is 136 cm³/mol. The van der Waals surface area contributed by atoms with Gasteiger partial charge in [-0.2, -0.15) is 0 Å². The molecule has 1 heterocycles.